The number of rotatable bonds is 3. The standard InChI is InChI=1S/C25H36O7/c1-8-13(2)21(29)32-20-14(3)10-24-15(4)11-23(7,30)22(5,6)17(19(24)28)9-16(12-26)18(27)25(20,24)31/h8-10,15,17-18,20,26-27,30-31H,11-12H2,1-7H3/b13-8-/t15?,17-,18?,20?,23-,24?,25+/m1/s1. The van der Waals surface area contributed by atoms with Gasteiger partial charge in [0, 0.05) is 16.9 Å². The molecule has 1 spiro atoms. The molecule has 178 valence electrons. The van der Waals surface area contributed by atoms with Crippen molar-refractivity contribution in [2.75, 3.05) is 6.61 Å². The molecule has 1 fully saturated rings. The van der Waals surface area contributed by atoms with Crippen LogP contribution in [0.1, 0.15) is 54.9 Å². The molecule has 7 heteroatoms. The Morgan fingerprint density at radius 2 is 1.88 bits per heavy atom. The molecule has 4 N–H and O–H groups in total. The van der Waals surface area contributed by atoms with Gasteiger partial charge in [-0.15, -0.1) is 0 Å². The summed E-state index contributed by atoms with van der Waals surface area (Å²) in [7, 11) is 0. The molecule has 0 saturated heterocycles. The van der Waals surface area contributed by atoms with Crippen molar-refractivity contribution in [2.24, 2.45) is 22.7 Å². The molecule has 0 heterocycles. The van der Waals surface area contributed by atoms with Crippen LogP contribution in [-0.2, 0) is 14.3 Å². The quantitative estimate of drug-likeness (QED) is 0.295. The molecule has 0 amide bonds. The minimum atomic E-state index is -2.24. The predicted molar refractivity (Wildman–Crippen MR) is 118 cm³/mol. The monoisotopic (exact) mass is 448 g/mol. The maximum absolute atomic E-state index is 14.2. The van der Waals surface area contributed by atoms with E-state index in [0.717, 1.165) is 0 Å². The number of hydrogen-bond donors (Lipinski definition) is 4. The average molecular weight is 449 g/mol. The lowest BCUT2D eigenvalue weighted by atomic mass is 9.59. The molecule has 32 heavy (non-hydrogen) atoms. The first-order chi connectivity index (χ1) is 14.6. The molecular weight excluding hydrogens is 412 g/mol. The Labute approximate surface area is 189 Å². The fourth-order valence-electron chi connectivity index (χ4n) is 5.98. The summed E-state index contributed by atoms with van der Waals surface area (Å²) in [5.74, 6) is -2.51. The summed E-state index contributed by atoms with van der Waals surface area (Å²) < 4.78 is 5.69. The van der Waals surface area contributed by atoms with E-state index in [-0.39, 0.29) is 17.8 Å². The van der Waals surface area contributed by atoms with E-state index in [1.165, 1.54) is 6.08 Å². The number of Topliss-reactive ketones (excluding diaryl/α,β-unsaturated/α-hetero) is 1. The zero-order chi connectivity index (χ0) is 24.4. The predicted octanol–water partition coefficient (Wildman–Crippen LogP) is 1.84. The van der Waals surface area contributed by atoms with E-state index in [1.807, 2.05) is 0 Å². The normalized spacial score (nSPS) is 43.6. The van der Waals surface area contributed by atoms with Crippen LogP contribution in [0.25, 0.3) is 0 Å². The van der Waals surface area contributed by atoms with Crippen molar-refractivity contribution in [3.05, 3.63) is 34.9 Å². The van der Waals surface area contributed by atoms with Crippen LogP contribution in [0.5, 0.6) is 0 Å². The van der Waals surface area contributed by atoms with Crippen molar-refractivity contribution in [3.63, 3.8) is 0 Å². The van der Waals surface area contributed by atoms with Gasteiger partial charge in [0.2, 0.25) is 0 Å². The minimum Gasteiger partial charge on any atom is -0.451 e. The summed E-state index contributed by atoms with van der Waals surface area (Å²) in [6.07, 6.45) is 1.90. The lowest BCUT2D eigenvalue weighted by Crippen LogP contribution is -2.65. The summed E-state index contributed by atoms with van der Waals surface area (Å²) in [6.45, 7) is 11.3. The molecule has 0 radical (unpaired) electrons. The number of fused-ring (bicyclic) bond motifs is 1. The second-order valence-corrected chi connectivity index (χ2v) is 10.6. The van der Waals surface area contributed by atoms with Crippen molar-refractivity contribution in [3.8, 4) is 0 Å². The van der Waals surface area contributed by atoms with E-state index in [9.17, 15) is 30.0 Å². The highest BCUT2D eigenvalue weighted by atomic mass is 16.6. The summed E-state index contributed by atoms with van der Waals surface area (Å²) in [5, 5.41) is 45.2. The van der Waals surface area contributed by atoms with Gasteiger partial charge in [0.05, 0.1) is 17.6 Å². The smallest absolute Gasteiger partial charge is 0.334 e. The van der Waals surface area contributed by atoms with Crippen LogP contribution < -0.4 is 0 Å². The van der Waals surface area contributed by atoms with E-state index in [0.29, 0.717) is 11.1 Å². The van der Waals surface area contributed by atoms with E-state index in [4.69, 9.17) is 4.74 Å². The summed E-state index contributed by atoms with van der Waals surface area (Å²) in [6, 6.07) is 0. The van der Waals surface area contributed by atoms with Gasteiger partial charge >= 0.3 is 5.97 Å². The lowest BCUT2D eigenvalue weighted by molar-refractivity contribution is -0.201. The fourth-order valence-corrected chi connectivity index (χ4v) is 5.98. The number of aliphatic hydroxyl groups excluding tert-OH is 2. The first-order valence-electron chi connectivity index (χ1n) is 11.1. The third-order valence-electron chi connectivity index (χ3n) is 8.58. The number of aliphatic hydroxyl groups is 4. The Balaban J connectivity index is 2.33. The Morgan fingerprint density at radius 1 is 1.28 bits per heavy atom. The number of carbonyl (C=O) groups excluding carboxylic acids is 2. The van der Waals surface area contributed by atoms with Crippen LogP contribution in [0, 0.1) is 22.7 Å². The third kappa shape index (κ3) is 2.94. The number of hydrogen-bond acceptors (Lipinski definition) is 7. The fraction of sp³-hybridized carbons (Fsp3) is 0.680. The highest BCUT2D eigenvalue weighted by Gasteiger charge is 2.74. The summed E-state index contributed by atoms with van der Waals surface area (Å²) in [4.78, 5) is 26.9. The highest BCUT2D eigenvalue weighted by Crippen LogP contribution is 2.63. The molecule has 7 atom stereocenters. The van der Waals surface area contributed by atoms with Crippen molar-refractivity contribution in [2.45, 2.75) is 78.3 Å². The van der Waals surface area contributed by atoms with Crippen LogP contribution in [0.2, 0.25) is 0 Å². The third-order valence-corrected chi connectivity index (χ3v) is 8.58. The molecule has 3 aliphatic rings. The van der Waals surface area contributed by atoms with Gasteiger partial charge in [-0.25, -0.2) is 4.79 Å². The van der Waals surface area contributed by atoms with Crippen molar-refractivity contribution in [1.29, 1.82) is 0 Å². The molecule has 7 nitrogen and oxygen atoms in total. The molecule has 2 bridgehead atoms. The van der Waals surface area contributed by atoms with E-state index in [1.54, 1.807) is 60.6 Å². The lowest BCUT2D eigenvalue weighted by Gasteiger charge is -2.48. The molecule has 0 aliphatic heterocycles. The Hall–Kier alpha value is -1.80. The van der Waals surface area contributed by atoms with E-state index < -0.39 is 58.7 Å². The Morgan fingerprint density at radius 3 is 2.41 bits per heavy atom. The first kappa shape index (κ1) is 24.8. The van der Waals surface area contributed by atoms with Crippen LogP contribution >= 0.6 is 0 Å². The van der Waals surface area contributed by atoms with Crippen LogP contribution in [-0.4, -0.2) is 62.2 Å². The zero-order valence-electron chi connectivity index (χ0n) is 20.0. The molecule has 3 rings (SSSR count). The van der Waals surface area contributed by atoms with Crippen molar-refractivity contribution < 1.29 is 34.8 Å². The highest BCUT2D eigenvalue weighted by molar-refractivity contribution is 5.96. The van der Waals surface area contributed by atoms with Gasteiger partial charge in [0.15, 0.2) is 17.5 Å². The minimum absolute atomic E-state index is 0.0672. The topological polar surface area (TPSA) is 124 Å². The molecule has 4 unspecified atom stereocenters. The molecular formula is C25H36O7. The molecule has 3 aliphatic carbocycles. The van der Waals surface area contributed by atoms with Gasteiger partial charge in [-0.2, -0.15) is 0 Å². The zero-order valence-corrected chi connectivity index (χ0v) is 20.0. The number of ketones is 1. The maximum Gasteiger partial charge on any atom is 0.334 e. The maximum atomic E-state index is 14.2. The van der Waals surface area contributed by atoms with E-state index >= 15 is 0 Å². The number of carbonyl (C=O) groups is 2. The van der Waals surface area contributed by atoms with Gasteiger partial charge in [-0.05, 0) is 51.2 Å². The Kier molecular flexibility index (Phi) is 5.91. The van der Waals surface area contributed by atoms with E-state index in [2.05, 4.69) is 0 Å². The van der Waals surface area contributed by atoms with Gasteiger partial charge < -0.3 is 25.2 Å². The average Bonchev–Trinajstić information content (AvgIpc) is 2.89. The second kappa shape index (κ2) is 7.62. The van der Waals surface area contributed by atoms with Gasteiger partial charge in [0.25, 0.3) is 0 Å². The van der Waals surface area contributed by atoms with Gasteiger partial charge in [0.1, 0.15) is 6.10 Å². The number of allylic oxidation sites excluding steroid dienone is 2. The molecule has 0 aromatic heterocycles. The largest absolute Gasteiger partial charge is 0.451 e. The molecule has 0 aromatic carbocycles. The van der Waals surface area contributed by atoms with Crippen LogP contribution in [0.3, 0.4) is 0 Å². The van der Waals surface area contributed by atoms with Crippen LogP contribution in [0.15, 0.2) is 34.9 Å². The van der Waals surface area contributed by atoms with Crippen molar-refractivity contribution >= 4 is 11.8 Å². The molecule has 1 saturated carbocycles. The van der Waals surface area contributed by atoms with Gasteiger partial charge in [-0.1, -0.05) is 39.0 Å². The van der Waals surface area contributed by atoms with Gasteiger partial charge in [-0.3, -0.25) is 4.79 Å². The summed E-state index contributed by atoms with van der Waals surface area (Å²) in [5.41, 5.74) is -5.26. The van der Waals surface area contributed by atoms with Crippen LogP contribution in [0.4, 0.5) is 0 Å². The summed E-state index contributed by atoms with van der Waals surface area (Å²) >= 11 is 0. The number of esters is 1. The number of ether oxygens (including phenoxy) is 1. The first-order valence-corrected chi connectivity index (χ1v) is 11.1. The molecule has 0 aromatic rings. The van der Waals surface area contributed by atoms with Crippen molar-refractivity contribution in [1.82, 2.24) is 0 Å². The Bertz CT molecular complexity index is 925. The SMILES string of the molecule is C/C=C(/C)C(=O)OC1C(C)=CC23C(=O)[C@@H](C=C(CO)C(O)[C@]12O)C(C)(C)[C@](C)(O)CC3C. The second-order valence-electron chi connectivity index (χ2n) is 10.6.